The first-order valence-corrected chi connectivity index (χ1v) is 10.6. The molecule has 2 heterocycles. The third-order valence-electron chi connectivity index (χ3n) is 5.36. The highest BCUT2D eigenvalue weighted by molar-refractivity contribution is 7.89. The SMILES string of the molecule is CCC(N)C(=O)N1CCc2cc(S(=O)(=O)N3CCN(C)CC3)ccc2C1. The summed E-state index contributed by atoms with van der Waals surface area (Å²) >= 11 is 0. The fourth-order valence-corrected chi connectivity index (χ4v) is 4.94. The van der Waals surface area contributed by atoms with Gasteiger partial charge >= 0.3 is 0 Å². The fourth-order valence-electron chi connectivity index (χ4n) is 3.46. The maximum absolute atomic E-state index is 12.9. The van der Waals surface area contributed by atoms with E-state index in [1.807, 2.05) is 20.0 Å². The predicted octanol–water partition coefficient (Wildman–Crippen LogP) is 0.245. The van der Waals surface area contributed by atoms with Crippen molar-refractivity contribution in [1.82, 2.24) is 14.1 Å². The van der Waals surface area contributed by atoms with E-state index in [0.717, 1.165) is 24.2 Å². The number of nitrogens with zero attached hydrogens (tertiary/aromatic N) is 3. The minimum atomic E-state index is -3.46. The molecule has 3 rings (SSSR count). The standard InChI is InChI=1S/C18H28N4O3S/c1-3-17(19)18(23)21-7-6-14-12-16(5-4-15(14)13-21)26(24,25)22-10-8-20(2)9-11-22/h4-5,12,17H,3,6-11,13,19H2,1-2H3. The summed E-state index contributed by atoms with van der Waals surface area (Å²) in [6.07, 6.45) is 1.27. The Morgan fingerprint density at radius 2 is 1.85 bits per heavy atom. The number of sulfonamides is 1. The minimum absolute atomic E-state index is 0.0349. The summed E-state index contributed by atoms with van der Waals surface area (Å²) < 4.78 is 27.4. The molecule has 144 valence electrons. The van der Waals surface area contributed by atoms with E-state index in [4.69, 9.17) is 5.73 Å². The Morgan fingerprint density at radius 1 is 1.15 bits per heavy atom. The molecule has 2 aliphatic heterocycles. The van der Waals surface area contributed by atoms with Crippen molar-refractivity contribution in [2.45, 2.75) is 37.2 Å². The Bertz CT molecular complexity index is 773. The van der Waals surface area contributed by atoms with Crippen LogP contribution in [0.5, 0.6) is 0 Å². The zero-order valence-electron chi connectivity index (χ0n) is 15.5. The van der Waals surface area contributed by atoms with Gasteiger partial charge < -0.3 is 15.5 Å². The zero-order chi connectivity index (χ0) is 18.9. The van der Waals surface area contributed by atoms with Crippen LogP contribution in [-0.4, -0.2) is 74.2 Å². The Kier molecular flexibility index (Phi) is 5.67. The van der Waals surface area contributed by atoms with Crippen LogP contribution in [0, 0.1) is 0 Å². The lowest BCUT2D eigenvalue weighted by Gasteiger charge is -2.33. The van der Waals surface area contributed by atoms with Gasteiger partial charge in [0.15, 0.2) is 0 Å². The molecule has 1 fully saturated rings. The molecule has 1 atom stereocenters. The lowest BCUT2D eigenvalue weighted by atomic mass is 9.99. The van der Waals surface area contributed by atoms with E-state index in [-0.39, 0.29) is 5.91 Å². The average Bonchev–Trinajstić information content (AvgIpc) is 2.66. The quantitative estimate of drug-likeness (QED) is 0.809. The van der Waals surface area contributed by atoms with Gasteiger partial charge in [-0.05, 0) is 43.1 Å². The molecule has 1 unspecified atom stereocenters. The molecule has 1 aromatic rings. The number of carbonyl (C=O) groups excluding carboxylic acids is 1. The Hall–Kier alpha value is -1.48. The molecule has 1 amide bonds. The van der Waals surface area contributed by atoms with Crippen molar-refractivity contribution in [2.75, 3.05) is 39.8 Å². The highest BCUT2D eigenvalue weighted by Crippen LogP contribution is 2.25. The second-order valence-electron chi connectivity index (χ2n) is 7.16. The smallest absolute Gasteiger partial charge is 0.243 e. The zero-order valence-corrected chi connectivity index (χ0v) is 16.3. The van der Waals surface area contributed by atoms with Gasteiger partial charge in [0.05, 0.1) is 10.9 Å². The third kappa shape index (κ3) is 3.78. The van der Waals surface area contributed by atoms with Gasteiger partial charge in [-0.2, -0.15) is 4.31 Å². The van der Waals surface area contributed by atoms with E-state index in [9.17, 15) is 13.2 Å². The minimum Gasteiger partial charge on any atom is -0.337 e. The summed E-state index contributed by atoms with van der Waals surface area (Å²) in [6.45, 7) is 5.52. The second-order valence-corrected chi connectivity index (χ2v) is 9.10. The molecule has 1 saturated heterocycles. The number of benzene rings is 1. The molecule has 2 N–H and O–H groups in total. The van der Waals surface area contributed by atoms with Gasteiger partial charge in [-0.25, -0.2) is 8.42 Å². The van der Waals surface area contributed by atoms with Crippen LogP contribution < -0.4 is 5.73 Å². The molecule has 0 bridgehead atoms. The first kappa shape index (κ1) is 19.3. The van der Waals surface area contributed by atoms with Crippen molar-refractivity contribution >= 4 is 15.9 Å². The molecule has 2 aliphatic rings. The van der Waals surface area contributed by atoms with Gasteiger partial charge in [0, 0.05) is 39.3 Å². The molecule has 0 aromatic heterocycles. The number of hydrogen-bond acceptors (Lipinski definition) is 5. The Balaban J connectivity index is 1.77. The Labute approximate surface area is 155 Å². The van der Waals surface area contributed by atoms with Crippen LogP contribution >= 0.6 is 0 Å². The van der Waals surface area contributed by atoms with Crippen molar-refractivity contribution in [1.29, 1.82) is 0 Å². The van der Waals surface area contributed by atoms with E-state index < -0.39 is 16.1 Å². The molecule has 0 saturated carbocycles. The number of fused-ring (bicyclic) bond motifs is 1. The largest absolute Gasteiger partial charge is 0.337 e. The first-order chi connectivity index (χ1) is 12.3. The number of rotatable bonds is 4. The van der Waals surface area contributed by atoms with Gasteiger partial charge in [-0.3, -0.25) is 4.79 Å². The van der Waals surface area contributed by atoms with Gasteiger partial charge in [-0.15, -0.1) is 0 Å². The van der Waals surface area contributed by atoms with Crippen LogP contribution in [0.4, 0.5) is 0 Å². The lowest BCUT2D eigenvalue weighted by Crippen LogP contribution is -2.47. The summed E-state index contributed by atoms with van der Waals surface area (Å²) in [7, 11) is -1.46. The van der Waals surface area contributed by atoms with Crippen LogP contribution in [0.15, 0.2) is 23.1 Å². The number of nitrogens with two attached hydrogens (primary N) is 1. The Morgan fingerprint density at radius 3 is 2.50 bits per heavy atom. The number of amides is 1. The monoisotopic (exact) mass is 380 g/mol. The number of likely N-dealkylation sites (N-methyl/N-ethyl adjacent to an activating group) is 1. The fraction of sp³-hybridized carbons (Fsp3) is 0.611. The summed E-state index contributed by atoms with van der Waals surface area (Å²) in [4.78, 5) is 16.5. The molecule has 7 nitrogen and oxygen atoms in total. The van der Waals surface area contributed by atoms with Crippen molar-refractivity contribution in [3.63, 3.8) is 0 Å². The van der Waals surface area contributed by atoms with Crippen molar-refractivity contribution in [3.8, 4) is 0 Å². The molecular weight excluding hydrogens is 352 g/mol. The van der Waals surface area contributed by atoms with Crippen LogP contribution in [0.3, 0.4) is 0 Å². The van der Waals surface area contributed by atoms with Crippen molar-refractivity contribution < 1.29 is 13.2 Å². The van der Waals surface area contributed by atoms with Crippen LogP contribution in [0.1, 0.15) is 24.5 Å². The highest BCUT2D eigenvalue weighted by atomic mass is 32.2. The van der Waals surface area contributed by atoms with Gasteiger partial charge in [0.2, 0.25) is 15.9 Å². The van der Waals surface area contributed by atoms with Crippen molar-refractivity contribution in [3.05, 3.63) is 29.3 Å². The molecule has 26 heavy (non-hydrogen) atoms. The van der Waals surface area contributed by atoms with Gasteiger partial charge in [0.1, 0.15) is 0 Å². The van der Waals surface area contributed by atoms with E-state index in [1.54, 1.807) is 21.3 Å². The summed E-state index contributed by atoms with van der Waals surface area (Å²) in [5.74, 6) is -0.0349. The van der Waals surface area contributed by atoms with E-state index in [2.05, 4.69) is 4.90 Å². The van der Waals surface area contributed by atoms with Crippen LogP contribution in [-0.2, 0) is 27.8 Å². The van der Waals surface area contributed by atoms with Crippen LogP contribution in [0.25, 0.3) is 0 Å². The maximum Gasteiger partial charge on any atom is 0.243 e. The number of carbonyl (C=O) groups is 1. The number of hydrogen-bond donors (Lipinski definition) is 1. The molecule has 1 aromatic carbocycles. The molecule has 8 heteroatoms. The molecule has 0 spiro atoms. The van der Waals surface area contributed by atoms with Crippen LogP contribution in [0.2, 0.25) is 0 Å². The summed E-state index contributed by atoms with van der Waals surface area (Å²) in [5, 5.41) is 0. The second kappa shape index (κ2) is 7.64. The topological polar surface area (TPSA) is 86.9 Å². The third-order valence-corrected chi connectivity index (χ3v) is 7.25. The highest BCUT2D eigenvalue weighted by Gasteiger charge is 2.29. The number of piperazine rings is 1. The predicted molar refractivity (Wildman–Crippen MR) is 100 cm³/mol. The summed E-state index contributed by atoms with van der Waals surface area (Å²) in [6, 6.07) is 4.83. The van der Waals surface area contributed by atoms with Crippen molar-refractivity contribution in [2.24, 2.45) is 5.73 Å². The summed E-state index contributed by atoms with van der Waals surface area (Å²) in [5.41, 5.74) is 7.87. The van der Waals surface area contributed by atoms with Gasteiger partial charge in [-0.1, -0.05) is 13.0 Å². The average molecular weight is 381 g/mol. The normalized spacial score (nSPS) is 20.7. The van der Waals surface area contributed by atoms with Gasteiger partial charge in [0.25, 0.3) is 0 Å². The van der Waals surface area contributed by atoms with E-state index in [1.165, 1.54) is 0 Å². The lowest BCUT2D eigenvalue weighted by molar-refractivity contribution is -0.133. The molecule has 0 radical (unpaired) electrons. The first-order valence-electron chi connectivity index (χ1n) is 9.17. The van der Waals surface area contributed by atoms with E-state index in [0.29, 0.717) is 43.9 Å². The van der Waals surface area contributed by atoms with E-state index >= 15 is 0 Å². The maximum atomic E-state index is 12.9. The molecular formula is C18H28N4O3S. The molecule has 0 aliphatic carbocycles.